The summed E-state index contributed by atoms with van der Waals surface area (Å²) in [6, 6.07) is 5.32. The number of aliphatic hydroxyl groups excluding tert-OH is 2. The molecule has 0 heterocycles. The number of Topliss-reactive ketones (excluding diaryl/α,β-unsaturated/α-hetero) is 1. The zero-order chi connectivity index (χ0) is 18.6. The Morgan fingerprint density at radius 1 is 1.24 bits per heavy atom. The summed E-state index contributed by atoms with van der Waals surface area (Å²) in [4.78, 5) is 13.0. The molecule has 6 heteroatoms. The van der Waals surface area contributed by atoms with Crippen LogP contribution in [0.25, 0.3) is 0 Å². The number of carbonyl (C=O) groups excluding carboxylic acids is 1. The zero-order valence-electron chi connectivity index (χ0n) is 15.2. The molecule has 1 aliphatic carbocycles. The zero-order valence-corrected chi connectivity index (χ0v) is 15.2. The van der Waals surface area contributed by atoms with Crippen molar-refractivity contribution < 1.29 is 24.9 Å². The molecular formula is C19H29NO5. The number of hydrogen-bond acceptors (Lipinski definition) is 6. The van der Waals surface area contributed by atoms with Gasteiger partial charge in [-0.2, -0.15) is 0 Å². The summed E-state index contributed by atoms with van der Waals surface area (Å²) in [6.07, 6.45) is -0.343. The second-order valence-electron chi connectivity index (χ2n) is 6.85. The van der Waals surface area contributed by atoms with E-state index in [1.54, 1.807) is 19.1 Å². The molecule has 0 bridgehead atoms. The van der Waals surface area contributed by atoms with Crippen LogP contribution >= 0.6 is 0 Å². The normalized spacial score (nSPS) is 25.5. The molecule has 1 aromatic rings. The van der Waals surface area contributed by atoms with E-state index in [-0.39, 0.29) is 24.1 Å². The lowest BCUT2D eigenvalue weighted by Crippen LogP contribution is -2.52. The van der Waals surface area contributed by atoms with Crippen LogP contribution in [0.1, 0.15) is 38.7 Å². The monoisotopic (exact) mass is 351 g/mol. The van der Waals surface area contributed by atoms with Gasteiger partial charge in [0.15, 0.2) is 5.78 Å². The van der Waals surface area contributed by atoms with E-state index in [1.807, 2.05) is 6.07 Å². The average molecular weight is 351 g/mol. The van der Waals surface area contributed by atoms with Gasteiger partial charge in [-0.25, -0.2) is 0 Å². The van der Waals surface area contributed by atoms with Crippen molar-refractivity contribution in [3.8, 4) is 5.75 Å². The summed E-state index contributed by atoms with van der Waals surface area (Å²) in [6.45, 7) is 7.31. The minimum absolute atomic E-state index is 0.00381. The van der Waals surface area contributed by atoms with E-state index in [9.17, 15) is 20.1 Å². The van der Waals surface area contributed by atoms with Gasteiger partial charge in [0.2, 0.25) is 0 Å². The smallest absolute Gasteiger partial charge is 0.155 e. The van der Waals surface area contributed by atoms with E-state index in [2.05, 4.69) is 11.8 Å². The van der Waals surface area contributed by atoms with Crippen molar-refractivity contribution in [3.63, 3.8) is 0 Å². The van der Waals surface area contributed by atoms with Crippen molar-refractivity contribution in [2.24, 2.45) is 5.92 Å². The maximum absolute atomic E-state index is 10.9. The van der Waals surface area contributed by atoms with Gasteiger partial charge in [-0.05, 0) is 19.4 Å². The second kappa shape index (κ2) is 8.65. The average Bonchev–Trinajstić information content (AvgIpc) is 2.58. The van der Waals surface area contributed by atoms with Crippen LogP contribution in [-0.2, 0) is 9.53 Å². The molecule has 0 amide bonds. The topological polar surface area (TPSA) is 90.2 Å². The van der Waals surface area contributed by atoms with Crippen molar-refractivity contribution >= 4 is 11.5 Å². The summed E-state index contributed by atoms with van der Waals surface area (Å²) in [5.41, 5.74) is 1.43. The number of carbonyl (C=O) groups is 1. The van der Waals surface area contributed by atoms with Crippen LogP contribution in [0.3, 0.4) is 0 Å². The highest BCUT2D eigenvalue weighted by atomic mass is 16.5. The molecule has 0 aliphatic heterocycles. The SMILES string of the molecule is CCCN(CCOCC(C)=O)c1ccc(C2C(O)C(C)C2O)c(O)c1. The van der Waals surface area contributed by atoms with Crippen molar-refractivity contribution in [1.82, 2.24) is 0 Å². The lowest BCUT2D eigenvalue weighted by atomic mass is 9.66. The molecule has 140 valence electrons. The fourth-order valence-electron chi connectivity index (χ4n) is 3.32. The molecule has 1 aliphatic rings. The molecule has 3 N–H and O–H groups in total. The highest BCUT2D eigenvalue weighted by Gasteiger charge is 2.47. The predicted molar refractivity (Wildman–Crippen MR) is 96.0 cm³/mol. The minimum Gasteiger partial charge on any atom is -0.508 e. The van der Waals surface area contributed by atoms with Gasteiger partial charge in [0.1, 0.15) is 12.4 Å². The van der Waals surface area contributed by atoms with E-state index >= 15 is 0 Å². The number of phenols is 1. The molecule has 2 atom stereocenters. The summed E-state index contributed by atoms with van der Waals surface area (Å²) in [5.74, 6) is -0.546. The third kappa shape index (κ3) is 4.51. The third-order valence-corrected chi connectivity index (χ3v) is 4.86. The first-order valence-corrected chi connectivity index (χ1v) is 8.88. The van der Waals surface area contributed by atoms with Gasteiger partial charge in [0.25, 0.3) is 0 Å². The van der Waals surface area contributed by atoms with Crippen LogP contribution in [-0.4, -0.2) is 59.6 Å². The molecular weight excluding hydrogens is 322 g/mol. The number of ketones is 1. The quantitative estimate of drug-likeness (QED) is 0.587. The molecule has 25 heavy (non-hydrogen) atoms. The Morgan fingerprint density at radius 2 is 1.92 bits per heavy atom. The van der Waals surface area contributed by atoms with E-state index in [1.165, 1.54) is 6.92 Å². The summed E-state index contributed by atoms with van der Waals surface area (Å²) in [5, 5.41) is 30.5. The molecule has 1 fully saturated rings. The van der Waals surface area contributed by atoms with Crippen molar-refractivity contribution in [2.75, 3.05) is 31.2 Å². The van der Waals surface area contributed by atoms with Crippen LogP contribution < -0.4 is 4.90 Å². The van der Waals surface area contributed by atoms with Gasteiger partial charge < -0.3 is 25.0 Å². The molecule has 2 unspecified atom stereocenters. The number of anilines is 1. The fourth-order valence-corrected chi connectivity index (χ4v) is 3.32. The van der Waals surface area contributed by atoms with E-state index < -0.39 is 18.1 Å². The lowest BCUT2D eigenvalue weighted by molar-refractivity contribution is -0.121. The molecule has 6 nitrogen and oxygen atoms in total. The number of phenolic OH excluding ortho intramolecular Hbond substituents is 1. The largest absolute Gasteiger partial charge is 0.508 e. The Morgan fingerprint density at radius 3 is 2.48 bits per heavy atom. The van der Waals surface area contributed by atoms with Gasteiger partial charge >= 0.3 is 0 Å². The first-order chi connectivity index (χ1) is 11.9. The molecule has 2 rings (SSSR count). The van der Waals surface area contributed by atoms with Crippen molar-refractivity contribution in [3.05, 3.63) is 23.8 Å². The number of aromatic hydroxyl groups is 1. The van der Waals surface area contributed by atoms with Gasteiger partial charge in [-0.15, -0.1) is 0 Å². The minimum atomic E-state index is -0.640. The standard InChI is InChI=1S/C19H29NO5/c1-4-7-20(8-9-25-11-12(2)21)14-5-6-15(16(22)10-14)17-18(23)13(3)19(17)24/h5-6,10,13,17-19,22-24H,4,7-9,11H2,1-3H3. The number of benzene rings is 1. The van der Waals surface area contributed by atoms with Gasteiger partial charge in [0, 0.05) is 42.2 Å². The number of ether oxygens (including phenoxy) is 1. The molecule has 0 aromatic heterocycles. The third-order valence-electron chi connectivity index (χ3n) is 4.86. The number of aliphatic hydroxyl groups is 2. The molecule has 1 saturated carbocycles. The predicted octanol–water partition coefficient (Wildman–Crippen LogP) is 1.67. The summed E-state index contributed by atoms with van der Waals surface area (Å²) >= 11 is 0. The number of hydrogen-bond donors (Lipinski definition) is 3. The maximum Gasteiger partial charge on any atom is 0.155 e. The van der Waals surface area contributed by atoms with Crippen LogP contribution in [0.2, 0.25) is 0 Å². The lowest BCUT2D eigenvalue weighted by Gasteiger charge is -2.45. The van der Waals surface area contributed by atoms with Crippen LogP contribution in [0, 0.1) is 5.92 Å². The van der Waals surface area contributed by atoms with E-state index in [4.69, 9.17) is 4.74 Å². The Kier molecular flexibility index (Phi) is 6.81. The first kappa shape index (κ1) is 19.7. The molecule has 1 aromatic carbocycles. The number of rotatable bonds is 9. The highest BCUT2D eigenvalue weighted by Crippen LogP contribution is 2.45. The van der Waals surface area contributed by atoms with Gasteiger partial charge in [-0.1, -0.05) is 19.9 Å². The maximum atomic E-state index is 10.9. The Labute approximate surface area is 149 Å². The fraction of sp³-hybridized carbons (Fsp3) is 0.632. The second-order valence-corrected chi connectivity index (χ2v) is 6.85. The van der Waals surface area contributed by atoms with E-state index in [0.717, 1.165) is 18.7 Å². The molecule has 0 radical (unpaired) electrons. The summed E-state index contributed by atoms with van der Waals surface area (Å²) in [7, 11) is 0. The summed E-state index contributed by atoms with van der Waals surface area (Å²) < 4.78 is 5.33. The Bertz CT molecular complexity index is 581. The number of nitrogens with zero attached hydrogens (tertiary/aromatic N) is 1. The Hall–Kier alpha value is -1.63. The Balaban J connectivity index is 2.06. The van der Waals surface area contributed by atoms with Crippen LogP contribution in [0.4, 0.5) is 5.69 Å². The van der Waals surface area contributed by atoms with Gasteiger partial charge in [-0.3, -0.25) is 4.79 Å². The highest BCUT2D eigenvalue weighted by molar-refractivity contribution is 5.76. The molecule has 0 spiro atoms. The van der Waals surface area contributed by atoms with Crippen LogP contribution in [0.5, 0.6) is 5.75 Å². The molecule has 0 saturated heterocycles. The van der Waals surface area contributed by atoms with Crippen molar-refractivity contribution in [1.29, 1.82) is 0 Å². The first-order valence-electron chi connectivity index (χ1n) is 8.88. The van der Waals surface area contributed by atoms with E-state index in [0.29, 0.717) is 18.7 Å². The van der Waals surface area contributed by atoms with Crippen molar-refractivity contribution in [2.45, 2.75) is 45.3 Å². The van der Waals surface area contributed by atoms with Gasteiger partial charge in [0.05, 0.1) is 18.8 Å². The van der Waals surface area contributed by atoms with Crippen LogP contribution in [0.15, 0.2) is 18.2 Å².